The number of nitrogens with zero attached hydrogens (tertiary/aromatic N) is 2. The maximum atomic E-state index is 11.6. The minimum atomic E-state index is 0.0874. The van der Waals surface area contributed by atoms with E-state index in [0.29, 0.717) is 0 Å². The number of fused-ring (bicyclic) bond motifs is 1. The second kappa shape index (κ2) is 3.10. The van der Waals surface area contributed by atoms with Crippen LogP contribution in [0.15, 0.2) is 16.9 Å². The van der Waals surface area contributed by atoms with Gasteiger partial charge < -0.3 is 4.90 Å². The van der Waals surface area contributed by atoms with E-state index in [1.165, 1.54) is 0 Å². The molecule has 13 heavy (non-hydrogen) atoms. The molecule has 3 nitrogen and oxygen atoms in total. The molecule has 2 rings (SSSR count). The quantitative estimate of drug-likeness (QED) is 0.644. The highest BCUT2D eigenvalue weighted by molar-refractivity contribution is 9.10. The molecule has 0 aliphatic carbocycles. The van der Waals surface area contributed by atoms with E-state index in [1.54, 1.807) is 17.2 Å². The molecule has 4 heteroatoms. The van der Waals surface area contributed by atoms with Crippen LogP contribution in [0.25, 0.3) is 0 Å². The fraction of sp³-hybridized carbons (Fsp3) is 0.333. The highest BCUT2D eigenvalue weighted by atomic mass is 79.9. The zero-order chi connectivity index (χ0) is 9.42. The lowest BCUT2D eigenvalue weighted by Crippen LogP contribution is -2.34. The van der Waals surface area contributed by atoms with Crippen LogP contribution in [0.1, 0.15) is 15.9 Å². The summed E-state index contributed by atoms with van der Waals surface area (Å²) in [5, 5.41) is 0. The summed E-state index contributed by atoms with van der Waals surface area (Å²) >= 11 is 3.35. The minimum absolute atomic E-state index is 0.0874. The molecule has 0 saturated heterocycles. The van der Waals surface area contributed by atoms with Gasteiger partial charge in [-0.2, -0.15) is 0 Å². The molecule has 0 saturated carbocycles. The monoisotopic (exact) mass is 240 g/mol. The number of hydrogen-bond donors (Lipinski definition) is 0. The lowest BCUT2D eigenvalue weighted by atomic mass is 10.0. The van der Waals surface area contributed by atoms with Gasteiger partial charge in [-0.25, -0.2) is 4.98 Å². The lowest BCUT2D eigenvalue weighted by molar-refractivity contribution is 0.0780. The summed E-state index contributed by atoms with van der Waals surface area (Å²) in [6, 6.07) is 1.78. The van der Waals surface area contributed by atoms with Crippen molar-refractivity contribution >= 4 is 21.8 Å². The van der Waals surface area contributed by atoms with Crippen LogP contribution >= 0.6 is 15.9 Å². The molecule has 0 atom stereocenters. The Morgan fingerprint density at radius 3 is 3.15 bits per heavy atom. The van der Waals surface area contributed by atoms with Gasteiger partial charge in [-0.3, -0.25) is 4.79 Å². The largest absolute Gasteiger partial charge is 0.341 e. The molecule has 0 spiro atoms. The highest BCUT2D eigenvalue weighted by Crippen LogP contribution is 2.23. The summed E-state index contributed by atoms with van der Waals surface area (Å²) in [6.07, 6.45) is 2.53. The Bertz CT molecular complexity index is 365. The van der Waals surface area contributed by atoms with E-state index in [0.717, 1.165) is 28.7 Å². The number of carbonyl (C=O) groups excluding carboxylic acids is 1. The molecule has 2 heterocycles. The number of carbonyl (C=O) groups is 1. The molecule has 68 valence electrons. The maximum absolute atomic E-state index is 11.6. The third-order valence-corrected chi connectivity index (χ3v) is 2.96. The first-order chi connectivity index (χ1) is 6.20. The molecule has 0 N–H and O–H groups in total. The van der Waals surface area contributed by atoms with Crippen molar-refractivity contribution in [3.8, 4) is 0 Å². The van der Waals surface area contributed by atoms with Crippen LogP contribution in [0.2, 0.25) is 0 Å². The van der Waals surface area contributed by atoms with Crippen molar-refractivity contribution < 1.29 is 4.79 Å². The average molecular weight is 241 g/mol. The summed E-state index contributed by atoms with van der Waals surface area (Å²) in [7, 11) is 1.82. The molecule has 1 amide bonds. The standard InChI is InChI=1S/C9H9BrN2O/c1-12-5-3-6-7(9(12)13)2-4-11-8(6)10/h2,4H,3,5H2,1H3. The summed E-state index contributed by atoms with van der Waals surface area (Å²) in [4.78, 5) is 17.5. The molecule has 1 aromatic rings. The molecule has 0 bridgehead atoms. The van der Waals surface area contributed by atoms with Crippen LogP contribution in [0.4, 0.5) is 0 Å². The molecule has 1 aliphatic heterocycles. The van der Waals surface area contributed by atoms with Crippen LogP contribution in [-0.4, -0.2) is 29.4 Å². The molecule has 0 unspecified atom stereocenters. The summed E-state index contributed by atoms with van der Waals surface area (Å²) < 4.78 is 0.798. The van der Waals surface area contributed by atoms with Gasteiger partial charge in [0.2, 0.25) is 0 Å². The van der Waals surface area contributed by atoms with E-state index in [9.17, 15) is 4.79 Å². The molecule has 1 aromatic heterocycles. The molecular formula is C9H9BrN2O. The van der Waals surface area contributed by atoms with E-state index in [-0.39, 0.29) is 5.91 Å². The predicted molar refractivity (Wildman–Crippen MR) is 52.6 cm³/mol. The molecule has 0 fully saturated rings. The third-order valence-electron chi connectivity index (χ3n) is 2.28. The first-order valence-electron chi connectivity index (χ1n) is 4.09. The van der Waals surface area contributed by atoms with Gasteiger partial charge in [0, 0.05) is 25.4 Å². The van der Waals surface area contributed by atoms with Crippen molar-refractivity contribution in [2.45, 2.75) is 6.42 Å². The van der Waals surface area contributed by atoms with Crippen LogP contribution in [0, 0.1) is 0 Å². The Morgan fingerprint density at radius 2 is 2.38 bits per heavy atom. The van der Waals surface area contributed by atoms with Gasteiger partial charge in [0.05, 0.1) is 0 Å². The Morgan fingerprint density at radius 1 is 1.62 bits per heavy atom. The van der Waals surface area contributed by atoms with Crippen LogP contribution < -0.4 is 0 Å². The molecular weight excluding hydrogens is 232 g/mol. The Labute approximate surface area is 84.9 Å². The van der Waals surface area contributed by atoms with Crippen molar-refractivity contribution in [1.82, 2.24) is 9.88 Å². The second-order valence-corrected chi connectivity index (χ2v) is 3.86. The van der Waals surface area contributed by atoms with Crippen molar-refractivity contribution in [2.24, 2.45) is 0 Å². The molecule has 1 aliphatic rings. The molecule has 0 radical (unpaired) electrons. The van der Waals surface area contributed by atoms with E-state index in [4.69, 9.17) is 0 Å². The highest BCUT2D eigenvalue weighted by Gasteiger charge is 2.22. The first-order valence-corrected chi connectivity index (χ1v) is 4.88. The number of amides is 1. The van der Waals surface area contributed by atoms with Crippen molar-refractivity contribution in [3.05, 3.63) is 28.0 Å². The Hall–Kier alpha value is -0.900. The summed E-state index contributed by atoms with van der Waals surface area (Å²) in [5.74, 6) is 0.0874. The lowest BCUT2D eigenvalue weighted by Gasteiger charge is -2.24. The zero-order valence-corrected chi connectivity index (χ0v) is 8.84. The molecule has 0 aromatic carbocycles. The Kier molecular flexibility index (Phi) is 2.07. The first kappa shape index (κ1) is 8.69. The van der Waals surface area contributed by atoms with Gasteiger partial charge in [0.25, 0.3) is 5.91 Å². The van der Waals surface area contributed by atoms with Gasteiger partial charge >= 0.3 is 0 Å². The topological polar surface area (TPSA) is 33.2 Å². The number of rotatable bonds is 0. The van der Waals surface area contributed by atoms with Crippen molar-refractivity contribution in [2.75, 3.05) is 13.6 Å². The SMILES string of the molecule is CN1CCc2c(ccnc2Br)C1=O. The third kappa shape index (κ3) is 1.35. The number of aromatic nitrogens is 1. The van der Waals surface area contributed by atoms with Gasteiger partial charge in [0.15, 0.2) is 0 Å². The van der Waals surface area contributed by atoms with Gasteiger partial charge in [-0.1, -0.05) is 0 Å². The van der Waals surface area contributed by atoms with Crippen molar-refractivity contribution in [3.63, 3.8) is 0 Å². The number of pyridine rings is 1. The van der Waals surface area contributed by atoms with E-state index in [2.05, 4.69) is 20.9 Å². The smallest absolute Gasteiger partial charge is 0.254 e. The van der Waals surface area contributed by atoms with Gasteiger partial charge in [-0.05, 0) is 34.0 Å². The normalized spacial score (nSPS) is 15.8. The van der Waals surface area contributed by atoms with Crippen molar-refractivity contribution in [1.29, 1.82) is 0 Å². The Balaban J connectivity index is 2.55. The average Bonchev–Trinajstić information content (AvgIpc) is 2.12. The van der Waals surface area contributed by atoms with Gasteiger partial charge in [0.1, 0.15) is 4.60 Å². The van der Waals surface area contributed by atoms with E-state index >= 15 is 0 Å². The number of hydrogen-bond acceptors (Lipinski definition) is 2. The summed E-state index contributed by atoms with van der Waals surface area (Å²) in [5.41, 5.74) is 1.81. The van der Waals surface area contributed by atoms with Crippen LogP contribution in [-0.2, 0) is 6.42 Å². The fourth-order valence-corrected chi connectivity index (χ4v) is 2.02. The number of halogens is 1. The second-order valence-electron chi connectivity index (χ2n) is 3.10. The summed E-state index contributed by atoms with van der Waals surface area (Å²) in [6.45, 7) is 0.774. The van der Waals surface area contributed by atoms with Crippen LogP contribution in [0.5, 0.6) is 0 Å². The minimum Gasteiger partial charge on any atom is -0.341 e. The number of likely N-dealkylation sites (N-methyl/N-ethyl adjacent to an activating group) is 1. The fourth-order valence-electron chi connectivity index (χ4n) is 1.49. The predicted octanol–water partition coefficient (Wildman–Crippen LogP) is 1.47. The van der Waals surface area contributed by atoms with Gasteiger partial charge in [-0.15, -0.1) is 0 Å². The van der Waals surface area contributed by atoms with E-state index in [1.807, 2.05) is 7.05 Å². The zero-order valence-electron chi connectivity index (χ0n) is 7.25. The maximum Gasteiger partial charge on any atom is 0.254 e. The van der Waals surface area contributed by atoms with E-state index < -0.39 is 0 Å². The van der Waals surface area contributed by atoms with Crippen LogP contribution in [0.3, 0.4) is 0 Å².